The third kappa shape index (κ3) is 3.60. The van der Waals surface area contributed by atoms with Gasteiger partial charge in [-0.2, -0.15) is 0 Å². The van der Waals surface area contributed by atoms with Crippen LogP contribution in [-0.4, -0.2) is 22.4 Å². The minimum Gasteiger partial charge on any atom is -0.458 e. The number of halogens is 1. The number of fused-ring (bicyclic) bond motifs is 1. The van der Waals surface area contributed by atoms with Crippen LogP contribution in [0.25, 0.3) is 10.8 Å². The summed E-state index contributed by atoms with van der Waals surface area (Å²) in [5.41, 5.74) is 0.121. The van der Waals surface area contributed by atoms with E-state index in [1.807, 2.05) is 0 Å². The molecule has 0 aromatic heterocycles. The molecule has 2 aromatic carbocycles. The van der Waals surface area contributed by atoms with Crippen molar-refractivity contribution < 1.29 is 28.3 Å². The number of hydrogen-bond acceptors (Lipinski definition) is 3. The van der Waals surface area contributed by atoms with E-state index in [4.69, 9.17) is 14.5 Å². The molecule has 0 aliphatic rings. The van der Waals surface area contributed by atoms with Crippen molar-refractivity contribution in [2.45, 2.75) is 5.91 Å². The highest BCUT2D eigenvalue weighted by molar-refractivity contribution is 7.51. The molecule has 116 valence electrons. The van der Waals surface area contributed by atoms with Gasteiger partial charge in [-0.15, -0.1) is 0 Å². The zero-order valence-electron chi connectivity index (χ0n) is 11.5. The summed E-state index contributed by atoms with van der Waals surface area (Å²) in [5.74, 6) is -2.95. The summed E-state index contributed by atoms with van der Waals surface area (Å²) in [6.07, 6.45) is 1.44. The summed E-state index contributed by atoms with van der Waals surface area (Å²) in [7, 11) is -4.87. The molecule has 0 radical (unpaired) electrons. The molecule has 0 bridgehead atoms. The largest absolute Gasteiger partial charge is 0.458 e. The van der Waals surface area contributed by atoms with Crippen molar-refractivity contribution >= 4 is 24.3 Å². The molecule has 5 nitrogen and oxygen atoms in total. The Morgan fingerprint density at radius 3 is 2.59 bits per heavy atom. The van der Waals surface area contributed by atoms with Crippen molar-refractivity contribution in [3.05, 3.63) is 60.2 Å². The van der Waals surface area contributed by atoms with Crippen molar-refractivity contribution in [2.75, 3.05) is 6.61 Å². The summed E-state index contributed by atoms with van der Waals surface area (Å²) < 4.78 is 29.6. The quantitative estimate of drug-likeness (QED) is 0.501. The lowest BCUT2D eigenvalue weighted by atomic mass is 10.0. The number of hydrogen-bond donors (Lipinski definition) is 2. The second kappa shape index (κ2) is 6.40. The van der Waals surface area contributed by atoms with Gasteiger partial charge in [0.2, 0.25) is 5.91 Å². The summed E-state index contributed by atoms with van der Waals surface area (Å²) in [6, 6.07) is 8.84. The van der Waals surface area contributed by atoms with Gasteiger partial charge in [0.25, 0.3) is 0 Å². The average molecular weight is 324 g/mol. The van der Waals surface area contributed by atoms with E-state index < -0.39 is 19.5 Å². The highest BCUT2D eigenvalue weighted by Crippen LogP contribution is 2.52. The molecule has 0 spiro atoms. The van der Waals surface area contributed by atoms with Crippen LogP contribution >= 0.6 is 7.60 Å². The fourth-order valence-corrected chi connectivity index (χ4v) is 2.50. The van der Waals surface area contributed by atoms with E-state index in [1.54, 1.807) is 12.1 Å². The predicted octanol–water partition coefficient (Wildman–Crippen LogP) is 3.33. The summed E-state index contributed by atoms with van der Waals surface area (Å²) in [4.78, 5) is 29.6. The molecule has 0 saturated carbocycles. The van der Waals surface area contributed by atoms with Crippen LogP contribution in [-0.2, 0) is 9.30 Å². The van der Waals surface area contributed by atoms with Gasteiger partial charge in [0.15, 0.2) is 0 Å². The monoisotopic (exact) mass is 324 g/mol. The maximum atomic E-state index is 13.7. The molecule has 2 N–H and O–H groups in total. The maximum absolute atomic E-state index is 13.7. The smallest absolute Gasteiger partial charge is 0.363 e. The van der Waals surface area contributed by atoms with Gasteiger partial charge in [-0.05, 0) is 34.5 Å². The van der Waals surface area contributed by atoms with Gasteiger partial charge in [-0.1, -0.05) is 30.9 Å². The highest BCUT2D eigenvalue weighted by atomic mass is 31.2. The van der Waals surface area contributed by atoms with E-state index in [1.165, 1.54) is 30.3 Å². The van der Waals surface area contributed by atoms with Crippen molar-refractivity contribution in [3.8, 4) is 0 Å². The highest BCUT2D eigenvalue weighted by Gasteiger charge is 2.30. The van der Waals surface area contributed by atoms with Crippen molar-refractivity contribution in [2.24, 2.45) is 0 Å². The van der Waals surface area contributed by atoms with E-state index in [-0.39, 0.29) is 17.7 Å². The Labute approximate surface area is 126 Å². The fourth-order valence-electron chi connectivity index (χ4n) is 1.95. The van der Waals surface area contributed by atoms with Crippen LogP contribution in [0.4, 0.5) is 4.39 Å². The number of carbonyl (C=O) groups excluding carboxylic acids is 1. The van der Waals surface area contributed by atoms with Gasteiger partial charge in [-0.25, -0.2) is 9.18 Å². The lowest BCUT2D eigenvalue weighted by Gasteiger charge is -2.11. The van der Waals surface area contributed by atoms with E-state index >= 15 is 0 Å². The number of carbonyl (C=O) groups is 1. The van der Waals surface area contributed by atoms with Crippen molar-refractivity contribution in [1.29, 1.82) is 0 Å². The van der Waals surface area contributed by atoms with Gasteiger partial charge in [0.05, 0.1) is 5.56 Å². The number of rotatable bonds is 5. The summed E-state index contributed by atoms with van der Waals surface area (Å²) in [5, 5.41) is 1.20. The molecule has 1 atom stereocenters. The third-order valence-electron chi connectivity index (χ3n) is 3.00. The molecule has 0 fully saturated rings. The first-order valence-electron chi connectivity index (χ1n) is 6.34. The molecule has 22 heavy (non-hydrogen) atoms. The van der Waals surface area contributed by atoms with Gasteiger partial charge >= 0.3 is 13.6 Å². The van der Waals surface area contributed by atoms with Crippen LogP contribution in [0.5, 0.6) is 0 Å². The van der Waals surface area contributed by atoms with E-state index in [9.17, 15) is 13.8 Å². The fraction of sp³-hybridized carbons (Fsp3) is 0.133. The van der Waals surface area contributed by atoms with Gasteiger partial charge in [-0.3, -0.25) is 4.57 Å². The zero-order chi connectivity index (χ0) is 16.3. The van der Waals surface area contributed by atoms with Crippen LogP contribution < -0.4 is 0 Å². The SMILES string of the molecule is C=CCOC(=O)c1ccc2ccc([C@@H](F)P(=O)(O)O)cc2c1. The van der Waals surface area contributed by atoms with E-state index in [2.05, 4.69) is 6.58 Å². The normalized spacial score (nSPS) is 12.9. The Hall–Kier alpha value is -2.01. The van der Waals surface area contributed by atoms with Crippen molar-refractivity contribution in [3.63, 3.8) is 0 Å². The first kappa shape index (κ1) is 16.4. The molecular weight excluding hydrogens is 310 g/mol. The summed E-state index contributed by atoms with van der Waals surface area (Å²) in [6.45, 7) is 3.51. The first-order valence-corrected chi connectivity index (χ1v) is 8.02. The molecule has 0 unspecified atom stereocenters. The molecule has 0 aliphatic carbocycles. The average Bonchev–Trinajstić information content (AvgIpc) is 2.49. The molecule has 0 saturated heterocycles. The van der Waals surface area contributed by atoms with Gasteiger partial charge in [0, 0.05) is 0 Å². The number of alkyl halides is 1. The van der Waals surface area contributed by atoms with E-state index in [0.29, 0.717) is 10.8 Å². The second-order valence-electron chi connectivity index (χ2n) is 4.63. The maximum Gasteiger partial charge on any atom is 0.363 e. The van der Waals surface area contributed by atoms with Crippen LogP contribution in [0.3, 0.4) is 0 Å². The molecular formula is C15H14FO5P. The third-order valence-corrected chi connectivity index (χ3v) is 3.89. The molecule has 2 aromatic rings. The molecule has 0 heterocycles. The van der Waals surface area contributed by atoms with Crippen LogP contribution in [0.2, 0.25) is 0 Å². The molecule has 0 amide bonds. The number of ether oxygens (including phenoxy) is 1. The Kier molecular flexibility index (Phi) is 4.76. The second-order valence-corrected chi connectivity index (χ2v) is 6.26. The number of esters is 1. The minimum atomic E-state index is -4.87. The number of benzene rings is 2. The zero-order valence-corrected chi connectivity index (χ0v) is 12.4. The summed E-state index contributed by atoms with van der Waals surface area (Å²) >= 11 is 0. The van der Waals surface area contributed by atoms with Crippen LogP contribution in [0.15, 0.2) is 49.1 Å². The van der Waals surface area contributed by atoms with E-state index in [0.717, 1.165) is 0 Å². The minimum absolute atomic E-state index is 0.0711. The van der Waals surface area contributed by atoms with Crippen molar-refractivity contribution in [1.82, 2.24) is 0 Å². The lowest BCUT2D eigenvalue weighted by molar-refractivity contribution is 0.0550. The lowest BCUT2D eigenvalue weighted by Crippen LogP contribution is -2.04. The molecule has 7 heteroatoms. The first-order chi connectivity index (χ1) is 10.3. The predicted molar refractivity (Wildman–Crippen MR) is 80.3 cm³/mol. The molecule has 0 aliphatic heterocycles. The van der Waals surface area contributed by atoms with Gasteiger partial charge in [0.1, 0.15) is 6.61 Å². The van der Waals surface area contributed by atoms with Gasteiger partial charge < -0.3 is 14.5 Å². The van der Waals surface area contributed by atoms with Crippen LogP contribution in [0, 0.1) is 0 Å². The Balaban J connectivity index is 2.40. The Bertz CT molecular complexity index is 768. The molecule has 2 rings (SSSR count). The Morgan fingerprint density at radius 2 is 1.95 bits per heavy atom. The standard InChI is InChI=1S/C15H14FO5P/c1-2-7-21-15(17)12-6-4-10-3-5-11(8-13(10)9-12)14(16)22(18,19)20/h2-6,8-9,14H,1,7H2,(H2,18,19,20)/t14-/m0/s1. The van der Waals surface area contributed by atoms with Crippen LogP contribution in [0.1, 0.15) is 21.8 Å². The topological polar surface area (TPSA) is 83.8 Å². The Morgan fingerprint density at radius 1 is 1.27 bits per heavy atom.